The van der Waals surface area contributed by atoms with E-state index in [1.807, 2.05) is 0 Å². The van der Waals surface area contributed by atoms with Gasteiger partial charge in [-0.2, -0.15) is 0 Å². The Hall–Kier alpha value is -1.35. The van der Waals surface area contributed by atoms with Gasteiger partial charge in [0, 0.05) is 6.04 Å². The first kappa shape index (κ1) is 11.7. The Morgan fingerprint density at radius 2 is 1.67 bits per heavy atom. The van der Waals surface area contributed by atoms with Crippen molar-refractivity contribution >= 4 is 5.97 Å². The Bertz CT molecular complexity index is 425. The third-order valence-corrected chi connectivity index (χ3v) is 4.42. The number of aliphatic carboxylic acids is 1. The zero-order valence-electron chi connectivity index (χ0n) is 10.5. The van der Waals surface area contributed by atoms with Crippen LogP contribution in [-0.2, 0) is 17.6 Å². The molecule has 1 aromatic rings. The van der Waals surface area contributed by atoms with Gasteiger partial charge in [-0.15, -0.1) is 0 Å². The number of nitrogens with zero attached hydrogens (tertiary/aromatic N) is 1. The Morgan fingerprint density at radius 1 is 1.11 bits per heavy atom. The Kier molecular flexibility index (Phi) is 3.08. The van der Waals surface area contributed by atoms with Gasteiger partial charge in [-0.25, -0.2) is 0 Å². The highest BCUT2D eigenvalue weighted by molar-refractivity contribution is 5.70. The molecule has 3 nitrogen and oxygen atoms in total. The van der Waals surface area contributed by atoms with E-state index in [9.17, 15) is 4.79 Å². The van der Waals surface area contributed by atoms with E-state index in [4.69, 9.17) is 5.11 Å². The SMILES string of the molecule is O=C(O)C1CCN(C2Cc3ccccc3C2)CC1. The zero-order chi connectivity index (χ0) is 12.5. The maximum absolute atomic E-state index is 10.9. The van der Waals surface area contributed by atoms with Gasteiger partial charge in [0.05, 0.1) is 5.92 Å². The van der Waals surface area contributed by atoms with E-state index in [2.05, 4.69) is 29.2 Å². The molecule has 3 rings (SSSR count). The molecule has 0 aromatic heterocycles. The number of fused-ring (bicyclic) bond motifs is 1. The largest absolute Gasteiger partial charge is 0.481 e. The molecular weight excluding hydrogens is 226 g/mol. The summed E-state index contributed by atoms with van der Waals surface area (Å²) in [6, 6.07) is 9.26. The van der Waals surface area contributed by atoms with Crippen LogP contribution in [0.3, 0.4) is 0 Å². The highest BCUT2D eigenvalue weighted by Gasteiger charge is 2.31. The summed E-state index contributed by atoms with van der Waals surface area (Å²) in [5.74, 6) is -0.741. The lowest BCUT2D eigenvalue weighted by molar-refractivity contribution is -0.143. The molecule has 0 bridgehead atoms. The van der Waals surface area contributed by atoms with Crippen LogP contribution in [0.2, 0.25) is 0 Å². The molecule has 96 valence electrons. The molecule has 1 fully saturated rings. The van der Waals surface area contributed by atoms with Gasteiger partial charge in [-0.3, -0.25) is 9.69 Å². The molecule has 1 N–H and O–H groups in total. The Balaban J connectivity index is 1.61. The average molecular weight is 245 g/mol. The molecule has 2 aliphatic rings. The molecule has 0 spiro atoms. The van der Waals surface area contributed by atoms with Crippen molar-refractivity contribution in [3.8, 4) is 0 Å². The van der Waals surface area contributed by atoms with E-state index in [1.165, 1.54) is 11.1 Å². The molecule has 1 aromatic carbocycles. The zero-order valence-corrected chi connectivity index (χ0v) is 10.5. The van der Waals surface area contributed by atoms with Crippen molar-refractivity contribution in [3.63, 3.8) is 0 Å². The summed E-state index contributed by atoms with van der Waals surface area (Å²) >= 11 is 0. The van der Waals surface area contributed by atoms with Crippen molar-refractivity contribution in [1.82, 2.24) is 4.90 Å². The standard InChI is InChI=1S/C15H19NO2/c17-15(18)11-5-7-16(8-6-11)14-9-12-3-1-2-4-13(12)10-14/h1-4,11,14H,5-10H2,(H,17,18). The third kappa shape index (κ3) is 2.15. The van der Waals surface area contributed by atoms with E-state index < -0.39 is 5.97 Å². The van der Waals surface area contributed by atoms with Gasteiger partial charge in [0.15, 0.2) is 0 Å². The maximum Gasteiger partial charge on any atom is 0.306 e. The van der Waals surface area contributed by atoms with Crippen molar-refractivity contribution in [2.45, 2.75) is 31.7 Å². The van der Waals surface area contributed by atoms with Crippen LogP contribution in [-0.4, -0.2) is 35.1 Å². The van der Waals surface area contributed by atoms with Crippen LogP contribution in [0.4, 0.5) is 0 Å². The van der Waals surface area contributed by atoms with Gasteiger partial charge >= 0.3 is 5.97 Å². The first-order valence-corrected chi connectivity index (χ1v) is 6.77. The minimum atomic E-state index is -0.621. The number of hydrogen-bond acceptors (Lipinski definition) is 2. The molecule has 0 amide bonds. The van der Waals surface area contributed by atoms with Crippen molar-refractivity contribution in [2.24, 2.45) is 5.92 Å². The van der Waals surface area contributed by atoms with E-state index >= 15 is 0 Å². The molecule has 1 saturated heterocycles. The monoisotopic (exact) mass is 245 g/mol. The van der Waals surface area contributed by atoms with Crippen molar-refractivity contribution in [2.75, 3.05) is 13.1 Å². The highest BCUT2D eigenvalue weighted by atomic mass is 16.4. The molecule has 1 heterocycles. The molecule has 0 saturated carbocycles. The summed E-state index contributed by atoms with van der Waals surface area (Å²) in [4.78, 5) is 13.4. The first-order valence-electron chi connectivity index (χ1n) is 6.77. The second kappa shape index (κ2) is 4.73. The Labute approximate surface area is 107 Å². The summed E-state index contributed by atoms with van der Waals surface area (Å²) in [5.41, 5.74) is 2.95. The molecule has 0 radical (unpaired) electrons. The maximum atomic E-state index is 10.9. The normalized spacial score (nSPS) is 22.0. The van der Waals surface area contributed by atoms with E-state index in [1.54, 1.807) is 0 Å². The van der Waals surface area contributed by atoms with Gasteiger partial charge in [0.2, 0.25) is 0 Å². The van der Waals surface area contributed by atoms with Crippen LogP contribution in [0, 0.1) is 5.92 Å². The van der Waals surface area contributed by atoms with Crippen LogP contribution in [0.15, 0.2) is 24.3 Å². The van der Waals surface area contributed by atoms with Crippen LogP contribution in [0.5, 0.6) is 0 Å². The number of piperidine rings is 1. The number of hydrogen-bond donors (Lipinski definition) is 1. The third-order valence-electron chi connectivity index (χ3n) is 4.42. The fourth-order valence-corrected chi connectivity index (χ4v) is 3.31. The lowest BCUT2D eigenvalue weighted by Crippen LogP contribution is -2.43. The number of carboxylic acids is 1. The fourth-order valence-electron chi connectivity index (χ4n) is 3.31. The highest BCUT2D eigenvalue weighted by Crippen LogP contribution is 2.28. The summed E-state index contributed by atoms with van der Waals surface area (Å²) in [5, 5.41) is 9.01. The number of likely N-dealkylation sites (tertiary alicyclic amines) is 1. The van der Waals surface area contributed by atoms with Gasteiger partial charge < -0.3 is 5.11 Å². The molecule has 18 heavy (non-hydrogen) atoms. The van der Waals surface area contributed by atoms with Gasteiger partial charge in [0.1, 0.15) is 0 Å². The number of carboxylic acid groups (broad SMARTS) is 1. The predicted molar refractivity (Wildman–Crippen MR) is 69.6 cm³/mol. The second-order valence-corrected chi connectivity index (χ2v) is 5.48. The molecule has 3 heteroatoms. The van der Waals surface area contributed by atoms with Crippen LogP contribution >= 0.6 is 0 Å². The smallest absolute Gasteiger partial charge is 0.306 e. The van der Waals surface area contributed by atoms with E-state index in [0.717, 1.165) is 38.8 Å². The average Bonchev–Trinajstić information content (AvgIpc) is 2.82. The van der Waals surface area contributed by atoms with Gasteiger partial charge in [-0.05, 0) is 49.9 Å². The Morgan fingerprint density at radius 3 is 2.17 bits per heavy atom. The van der Waals surface area contributed by atoms with Gasteiger partial charge in [0.25, 0.3) is 0 Å². The quantitative estimate of drug-likeness (QED) is 0.865. The number of rotatable bonds is 2. The molecule has 0 unspecified atom stereocenters. The lowest BCUT2D eigenvalue weighted by Gasteiger charge is -2.34. The second-order valence-electron chi connectivity index (χ2n) is 5.48. The van der Waals surface area contributed by atoms with Crippen molar-refractivity contribution < 1.29 is 9.90 Å². The minimum Gasteiger partial charge on any atom is -0.481 e. The van der Waals surface area contributed by atoms with Crippen LogP contribution in [0.25, 0.3) is 0 Å². The summed E-state index contributed by atoms with van der Waals surface area (Å²) < 4.78 is 0. The van der Waals surface area contributed by atoms with E-state index in [-0.39, 0.29) is 5.92 Å². The summed E-state index contributed by atoms with van der Waals surface area (Å²) in [7, 11) is 0. The van der Waals surface area contributed by atoms with E-state index in [0.29, 0.717) is 6.04 Å². The number of benzene rings is 1. The molecule has 1 aliphatic carbocycles. The van der Waals surface area contributed by atoms with Crippen LogP contribution < -0.4 is 0 Å². The minimum absolute atomic E-state index is 0.120. The summed E-state index contributed by atoms with van der Waals surface area (Å²) in [6.45, 7) is 1.88. The topological polar surface area (TPSA) is 40.5 Å². The lowest BCUT2D eigenvalue weighted by atomic mass is 9.95. The van der Waals surface area contributed by atoms with Crippen LogP contribution in [0.1, 0.15) is 24.0 Å². The van der Waals surface area contributed by atoms with Crippen molar-refractivity contribution in [1.29, 1.82) is 0 Å². The molecule has 0 atom stereocenters. The number of carbonyl (C=O) groups is 1. The molecular formula is C15H19NO2. The predicted octanol–water partition coefficient (Wildman–Crippen LogP) is 1.95. The molecule has 1 aliphatic heterocycles. The van der Waals surface area contributed by atoms with Gasteiger partial charge in [-0.1, -0.05) is 24.3 Å². The summed E-state index contributed by atoms with van der Waals surface area (Å²) in [6.07, 6.45) is 3.88. The van der Waals surface area contributed by atoms with Crippen molar-refractivity contribution in [3.05, 3.63) is 35.4 Å². The first-order chi connectivity index (χ1) is 8.74. The fraction of sp³-hybridized carbons (Fsp3) is 0.533.